The molecule has 6 nitrogen and oxygen atoms in total. The van der Waals surface area contributed by atoms with Crippen LogP contribution in [-0.4, -0.2) is 20.7 Å². The lowest BCUT2D eigenvalue weighted by Crippen LogP contribution is -2.23. The van der Waals surface area contributed by atoms with Crippen LogP contribution in [0, 0.1) is 5.82 Å². The number of hydrogen-bond acceptors (Lipinski definition) is 3. The summed E-state index contributed by atoms with van der Waals surface area (Å²) in [5.41, 5.74) is 3.89. The number of H-pyrrole nitrogens is 1. The fraction of sp³-hybridized carbons (Fsp3) is 0.107. The Labute approximate surface area is 211 Å². The Balaban J connectivity index is 1.26. The number of aromatic nitrogens is 3. The Morgan fingerprint density at radius 3 is 2.72 bits per heavy atom. The first-order chi connectivity index (χ1) is 17.5. The summed E-state index contributed by atoms with van der Waals surface area (Å²) in [4.78, 5) is 24.7. The molecule has 36 heavy (non-hydrogen) atoms. The number of fused-ring (bicyclic) bond motifs is 1. The number of nitrogens with zero attached hydrogens (tertiary/aromatic N) is 2. The summed E-state index contributed by atoms with van der Waals surface area (Å²) in [6.07, 6.45) is 2.01. The fourth-order valence-electron chi connectivity index (χ4n) is 4.10. The normalized spacial score (nSPS) is 11.1. The van der Waals surface area contributed by atoms with Crippen LogP contribution in [0.25, 0.3) is 10.9 Å². The van der Waals surface area contributed by atoms with Gasteiger partial charge in [-0.1, -0.05) is 41.9 Å². The molecule has 0 aliphatic rings. The van der Waals surface area contributed by atoms with E-state index in [0.29, 0.717) is 40.4 Å². The predicted molar refractivity (Wildman–Crippen MR) is 138 cm³/mol. The van der Waals surface area contributed by atoms with Crippen molar-refractivity contribution in [2.24, 2.45) is 0 Å². The second-order valence-electron chi connectivity index (χ2n) is 8.51. The van der Waals surface area contributed by atoms with Crippen molar-refractivity contribution in [3.8, 4) is 0 Å². The first-order valence-corrected chi connectivity index (χ1v) is 11.8. The van der Waals surface area contributed by atoms with Crippen LogP contribution in [0.3, 0.4) is 0 Å². The van der Waals surface area contributed by atoms with Crippen LogP contribution >= 0.6 is 11.6 Å². The maximum absolute atomic E-state index is 14.8. The van der Waals surface area contributed by atoms with Gasteiger partial charge in [-0.05, 0) is 59.2 Å². The zero-order valence-electron chi connectivity index (χ0n) is 19.2. The van der Waals surface area contributed by atoms with Gasteiger partial charge >= 0.3 is 0 Å². The van der Waals surface area contributed by atoms with Crippen LogP contribution in [0.2, 0.25) is 5.02 Å². The van der Waals surface area contributed by atoms with Crippen molar-refractivity contribution in [1.29, 1.82) is 0 Å². The minimum absolute atomic E-state index is 0.138. The highest BCUT2D eigenvalue weighted by molar-refractivity contribution is 6.31. The molecule has 2 aromatic heterocycles. The molecule has 2 N–H and O–H groups in total. The summed E-state index contributed by atoms with van der Waals surface area (Å²) in [6, 6.07) is 22.4. The molecule has 3 aromatic carbocycles. The summed E-state index contributed by atoms with van der Waals surface area (Å²) in [5, 5.41) is 11.5. The Hall–Kier alpha value is -4.23. The lowest BCUT2D eigenvalue weighted by atomic mass is 10.0. The molecular weight excluding hydrogens is 479 g/mol. The molecule has 5 aromatic rings. The van der Waals surface area contributed by atoms with E-state index in [2.05, 4.69) is 15.5 Å². The molecule has 180 valence electrons. The second-order valence-corrected chi connectivity index (χ2v) is 8.95. The van der Waals surface area contributed by atoms with Crippen LogP contribution in [0.1, 0.15) is 32.7 Å². The Kier molecular flexibility index (Phi) is 6.64. The summed E-state index contributed by atoms with van der Waals surface area (Å²) < 4.78 is 16.4. The highest BCUT2D eigenvalue weighted by Crippen LogP contribution is 2.21. The Morgan fingerprint density at radius 1 is 1.00 bits per heavy atom. The maximum atomic E-state index is 14.8. The smallest absolute Gasteiger partial charge is 0.251 e. The van der Waals surface area contributed by atoms with Crippen molar-refractivity contribution in [2.45, 2.75) is 19.5 Å². The molecule has 0 spiro atoms. The van der Waals surface area contributed by atoms with Crippen molar-refractivity contribution < 1.29 is 9.18 Å². The number of pyridine rings is 1. The summed E-state index contributed by atoms with van der Waals surface area (Å²) in [7, 11) is 0. The SMILES string of the molecule is O=C(NCc1n[nH]c2ccc(Cl)cc12)c1cccc(Cc2ccc(Cn3ccccc3=O)cc2F)c1. The lowest BCUT2D eigenvalue weighted by Gasteiger charge is -2.10. The van der Waals surface area contributed by atoms with E-state index in [1.54, 1.807) is 54.7 Å². The first-order valence-electron chi connectivity index (χ1n) is 11.4. The average Bonchev–Trinajstić information content (AvgIpc) is 3.28. The van der Waals surface area contributed by atoms with Crippen molar-refractivity contribution in [3.63, 3.8) is 0 Å². The Morgan fingerprint density at radius 2 is 1.89 bits per heavy atom. The van der Waals surface area contributed by atoms with E-state index in [-0.39, 0.29) is 23.8 Å². The zero-order chi connectivity index (χ0) is 25.1. The summed E-state index contributed by atoms with van der Waals surface area (Å²) in [6.45, 7) is 0.536. The molecule has 0 saturated carbocycles. The molecule has 0 radical (unpaired) electrons. The summed E-state index contributed by atoms with van der Waals surface area (Å²) in [5.74, 6) is -0.602. The highest BCUT2D eigenvalue weighted by Gasteiger charge is 2.12. The van der Waals surface area contributed by atoms with Gasteiger partial charge in [0.05, 0.1) is 24.3 Å². The van der Waals surface area contributed by atoms with Crippen LogP contribution in [0.4, 0.5) is 4.39 Å². The number of rotatable bonds is 7. The number of halogens is 2. The predicted octanol–water partition coefficient (Wildman–Crippen LogP) is 5.09. The third-order valence-corrected chi connectivity index (χ3v) is 6.21. The van der Waals surface area contributed by atoms with Crippen molar-refractivity contribution in [3.05, 3.63) is 134 Å². The van der Waals surface area contributed by atoms with Gasteiger partial charge in [0.1, 0.15) is 5.82 Å². The quantitative estimate of drug-likeness (QED) is 0.327. The van der Waals surface area contributed by atoms with Gasteiger partial charge in [0, 0.05) is 34.7 Å². The van der Waals surface area contributed by atoms with Gasteiger partial charge in [-0.25, -0.2) is 4.39 Å². The van der Waals surface area contributed by atoms with Crippen LogP contribution in [-0.2, 0) is 19.5 Å². The lowest BCUT2D eigenvalue weighted by molar-refractivity contribution is 0.0950. The van der Waals surface area contributed by atoms with E-state index >= 15 is 0 Å². The molecule has 0 unspecified atom stereocenters. The molecular formula is C28H22ClFN4O2. The standard InChI is InChI=1S/C28H22ClFN4O2/c29-22-9-10-25-23(15-22)26(33-32-25)16-31-28(36)21-5-3-4-18(13-21)12-20-8-7-19(14-24(20)30)17-34-11-2-1-6-27(34)35/h1-11,13-15H,12,16-17H2,(H,31,36)(H,32,33). The number of nitrogens with one attached hydrogen (secondary N) is 2. The van der Waals surface area contributed by atoms with Gasteiger partial charge in [-0.3, -0.25) is 14.7 Å². The minimum atomic E-state index is -0.351. The van der Waals surface area contributed by atoms with Crippen LogP contribution < -0.4 is 10.9 Å². The minimum Gasteiger partial charge on any atom is -0.346 e. The van der Waals surface area contributed by atoms with E-state index in [9.17, 15) is 14.0 Å². The number of amides is 1. The van der Waals surface area contributed by atoms with Crippen molar-refractivity contribution in [1.82, 2.24) is 20.1 Å². The largest absolute Gasteiger partial charge is 0.346 e. The number of benzene rings is 3. The molecule has 0 atom stereocenters. The van der Waals surface area contributed by atoms with Crippen molar-refractivity contribution in [2.75, 3.05) is 0 Å². The van der Waals surface area contributed by atoms with Crippen LogP contribution in [0.15, 0.2) is 89.9 Å². The van der Waals surface area contributed by atoms with E-state index in [4.69, 9.17) is 11.6 Å². The molecule has 0 fully saturated rings. The summed E-state index contributed by atoms with van der Waals surface area (Å²) >= 11 is 6.08. The van der Waals surface area contributed by atoms with Crippen molar-refractivity contribution >= 4 is 28.4 Å². The molecule has 0 aliphatic heterocycles. The molecule has 0 saturated heterocycles. The second kappa shape index (κ2) is 10.2. The van der Waals surface area contributed by atoms with Gasteiger partial charge in [-0.2, -0.15) is 5.10 Å². The number of carbonyl (C=O) groups excluding carboxylic acids is 1. The van der Waals surface area contributed by atoms with E-state index in [1.807, 2.05) is 18.2 Å². The average molecular weight is 501 g/mol. The van der Waals surface area contributed by atoms with Gasteiger partial charge in [-0.15, -0.1) is 0 Å². The van der Waals surface area contributed by atoms with Crippen LogP contribution in [0.5, 0.6) is 0 Å². The molecule has 0 bridgehead atoms. The van der Waals surface area contributed by atoms with Gasteiger partial charge in [0.2, 0.25) is 0 Å². The van der Waals surface area contributed by atoms with E-state index in [0.717, 1.165) is 16.5 Å². The van der Waals surface area contributed by atoms with Gasteiger partial charge < -0.3 is 9.88 Å². The molecule has 1 amide bonds. The molecule has 5 rings (SSSR count). The van der Waals surface area contributed by atoms with Gasteiger partial charge in [0.25, 0.3) is 11.5 Å². The Bertz CT molecular complexity index is 1630. The number of hydrogen-bond donors (Lipinski definition) is 2. The van der Waals surface area contributed by atoms with Gasteiger partial charge in [0.15, 0.2) is 0 Å². The first kappa shape index (κ1) is 23.5. The van der Waals surface area contributed by atoms with E-state index in [1.165, 1.54) is 16.7 Å². The number of carbonyl (C=O) groups is 1. The molecule has 2 heterocycles. The maximum Gasteiger partial charge on any atom is 0.251 e. The number of aromatic amines is 1. The third-order valence-electron chi connectivity index (χ3n) is 5.97. The zero-order valence-corrected chi connectivity index (χ0v) is 19.9. The topological polar surface area (TPSA) is 79.8 Å². The van der Waals surface area contributed by atoms with E-state index < -0.39 is 0 Å². The monoisotopic (exact) mass is 500 g/mol. The fourth-order valence-corrected chi connectivity index (χ4v) is 4.28. The molecule has 0 aliphatic carbocycles. The third kappa shape index (κ3) is 5.21. The molecule has 8 heteroatoms. The highest BCUT2D eigenvalue weighted by atomic mass is 35.5.